The van der Waals surface area contributed by atoms with Crippen molar-refractivity contribution in [1.82, 2.24) is 14.8 Å². The minimum Gasteiger partial charge on any atom is -0.315 e. The fourth-order valence-corrected chi connectivity index (χ4v) is 2.51. The molecular weight excluding hydrogens is 226 g/mol. The first-order chi connectivity index (χ1) is 6.14. The van der Waals surface area contributed by atoms with Gasteiger partial charge in [0.1, 0.15) is 0 Å². The number of halogens is 1. The van der Waals surface area contributed by atoms with Gasteiger partial charge in [0.25, 0.3) is 10.2 Å². The SMILES string of the molecule is CCNS(=O)(=O)NC1CCCNC1.Cl. The lowest BCUT2D eigenvalue weighted by atomic mass is 10.1. The summed E-state index contributed by atoms with van der Waals surface area (Å²) in [7, 11) is -3.27. The van der Waals surface area contributed by atoms with E-state index in [1.807, 2.05) is 0 Å². The second-order valence-electron chi connectivity index (χ2n) is 3.16. The third-order valence-corrected chi connectivity index (χ3v) is 3.27. The number of hydrogen-bond acceptors (Lipinski definition) is 3. The quantitative estimate of drug-likeness (QED) is 0.630. The van der Waals surface area contributed by atoms with E-state index < -0.39 is 10.2 Å². The molecule has 1 unspecified atom stereocenters. The van der Waals surface area contributed by atoms with E-state index in [1.165, 1.54) is 0 Å². The molecule has 5 nitrogen and oxygen atoms in total. The van der Waals surface area contributed by atoms with E-state index in [4.69, 9.17) is 0 Å². The number of nitrogens with one attached hydrogen (secondary N) is 3. The molecule has 86 valence electrons. The largest absolute Gasteiger partial charge is 0.315 e. The molecule has 0 aromatic heterocycles. The Hall–Kier alpha value is 0.120. The van der Waals surface area contributed by atoms with Crippen LogP contribution in [-0.2, 0) is 10.2 Å². The average Bonchev–Trinajstić information content (AvgIpc) is 2.04. The van der Waals surface area contributed by atoms with Gasteiger partial charge in [-0.25, -0.2) is 4.72 Å². The first kappa shape index (κ1) is 14.1. The number of rotatable bonds is 4. The molecule has 0 aromatic carbocycles. The summed E-state index contributed by atoms with van der Waals surface area (Å²) >= 11 is 0. The minimum atomic E-state index is -3.27. The summed E-state index contributed by atoms with van der Waals surface area (Å²) in [4.78, 5) is 0. The molecule has 1 atom stereocenters. The third-order valence-electron chi connectivity index (χ3n) is 1.95. The summed E-state index contributed by atoms with van der Waals surface area (Å²) in [5, 5.41) is 3.14. The van der Waals surface area contributed by atoms with Crippen LogP contribution in [0.1, 0.15) is 19.8 Å². The molecule has 0 saturated carbocycles. The van der Waals surface area contributed by atoms with Crippen LogP contribution in [0.25, 0.3) is 0 Å². The molecule has 1 saturated heterocycles. The van der Waals surface area contributed by atoms with Crippen LogP contribution in [0.4, 0.5) is 0 Å². The molecule has 0 spiro atoms. The summed E-state index contributed by atoms with van der Waals surface area (Å²) in [6.45, 7) is 3.90. The van der Waals surface area contributed by atoms with Crippen LogP contribution in [0.15, 0.2) is 0 Å². The lowest BCUT2D eigenvalue weighted by Gasteiger charge is -2.23. The van der Waals surface area contributed by atoms with Gasteiger partial charge in [-0.15, -0.1) is 12.4 Å². The van der Waals surface area contributed by atoms with Gasteiger partial charge in [0, 0.05) is 19.1 Å². The van der Waals surface area contributed by atoms with Crippen molar-refractivity contribution >= 4 is 22.6 Å². The molecule has 7 heteroatoms. The van der Waals surface area contributed by atoms with Crippen molar-refractivity contribution in [3.63, 3.8) is 0 Å². The van der Waals surface area contributed by atoms with E-state index in [-0.39, 0.29) is 18.4 Å². The summed E-state index contributed by atoms with van der Waals surface area (Å²) in [6, 6.07) is 0.0396. The summed E-state index contributed by atoms with van der Waals surface area (Å²) in [6.07, 6.45) is 1.94. The topological polar surface area (TPSA) is 70.2 Å². The van der Waals surface area contributed by atoms with Gasteiger partial charge in [-0.1, -0.05) is 6.92 Å². The van der Waals surface area contributed by atoms with Gasteiger partial charge in [-0.3, -0.25) is 0 Å². The molecule has 1 fully saturated rings. The third kappa shape index (κ3) is 5.11. The monoisotopic (exact) mass is 243 g/mol. The van der Waals surface area contributed by atoms with Crippen LogP contribution in [0.2, 0.25) is 0 Å². The van der Waals surface area contributed by atoms with E-state index in [0.29, 0.717) is 6.54 Å². The van der Waals surface area contributed by atoms with Crippen molar-refractivity contribution in [2.45, 2.75) is 25.8 Å². The minimum absolute atomic E-state index is 0. The molecule has 0 bridgehead atoms. The zero-order valence-corrected chi connectivity index (χ0v) is 9.88. The summed E-state index contributed by atoms with van der Waals surface area (Å²) in [5.41, 5.74) is 0. The maximum absolute atomic E-state index is 11.2. The van der Waals surface area contributed by atoms with E-state index in [2.05, 4.69) is 14.8 Å². The van der Waals surface area contributed by atoms with Crippen molar-refractivity contribution in [2.24, 2.45) is 0 Å². The van der Waals surface area contributed by atoms with Gasteiger partial charge >= 0.3 is 0 Å². The average molecular weight is 244 g/mol. The van der Waals surface area contributed by atoms with Crippen LogP contribution < -0.4 is 14.8 Å². The Labute approximate surface area is 91.6 Å². The Morgan fingerprint density at radius 1 is 1.50 bits per heavy atom. The molecule has 0 aromatic rings. The molecular formula is C7H18ClN3O2S. The predicted octanol–water partition coefficient (Wildman–Crippen LogP) is -0.396. The van der Waals surface area contributed by atoms with Crippen LogP contribution in [0.3, 0.4) is 0 Å². The maximum Gasteiger partial charge on any atom is 0.277 e. The van der Waals surface area contributed by atoms with Crippen molar-refractivity contribution in [3.8, 4) is 0 Å². The van der Waals surface area contributed by atoms with Crippen molar-refractivity contribution in [3.05, 3.63) is 0 Å². The molecule has 0 amide bonds. The lowest BCUT2D eigenvalue weighted by molar-refractivity contribution is 0.426. The second-order valence-corrected chi connectivity index (χ2v) is 4.69. The Morgan fingerprint density at radius 3 is 2.71 bits per heavy atom. The molecule has 1 rings (SSSR count). The summed E-state index contributed by atoms with van der Waals surface area (Å²) in [5.74, 6) is 0. The standard InChI is InChI=1S/C7H17N3O2S.ClH/c1-2-9-13(11,12)10-7-4-3-5-8-6-7;/h7-10H,2-6H2,1H3;1H. The highest BCUT2D eigenvalue weighted by Crippen LogP contribution is 2.01. The van der Waals surface area contributed by atoms with Crippen LogP contribution in [0, 0.1) is 0 Å². The maximum atomic E-state index is 11.2. The normalized spacial score (nSPS) is 22.8. The van der Waals surface area contributed by atoms with Crippen LogP contribution >= 0.6 is 12.4 Å². The van der Waals surface area contributed by atoms with Gasteiger partial charge in [0.15, 0.2) is 0 Å². The zero-order chi connectivity index (χ0) is 9.73. The van der Waals surface area contributed by atoms with E-state index >= 15 is 0 Å². The Bertz CT molecular complexity index is 239. The highest BCUT2D eigenvalue weighted by Gasteiger charge is 2.18. The Kier molecular flexibility index (Phi) is 6.63. The van der Waals surface area contributed by atoms with Crippen LogP contribution in [-0.4, -0.2) is 34.1 Å². The van der Waals surface area contributed by atoms with E-state index in [9.17, 15) is 8.42 Å². The van der Waals surface area contributed by atoms with Gasteiger partial charge in [0.2, 0.25) is 0 Å². The van der Waals surface area contributed by atoms with Gasteiger partial charge in [-0.05, 0) is 19.4 Å². The van der Waals surface area contributed by atoms with Gasteiger partial charge < -0.3 is 5.32 Å². The van der Waals surface area contributed by atoms with Crippen LogP contribution in [0.5, 0.6) is 0 Å². The van der Waals surface area contributed by atoms with Gasteiger partial charge in [-0.2, -0.15) is 13.1 Å². The van der Waals surface area contributed by atoms with Gasteiger partial charge in [0.05, 0.1) is 0 Å². The fraction of sp³-hybridized carbons (Fsp3) is 1.00. The first-order valence-corrected chi connectivity index (χ1v) is 6.10. The molecule has 14 heavy (non-hydrogen) atoms. The predicted molar refractivity (Wildman–Crippen MR) is 58.9 cm³/mol. The molecule has 1 aliphatic heterocycles. The number of piperidine rings is 1. The van der Waals surface area contributed by atoms with Crippen molar-refractivity contribution in [1.29, 1.82) is 0 Å². The highest BCUT2D eigenvalue weighted by atomic mass is 35.5. The summed E-state index contributed by atoms with van der Waals surface area (Å²) < 4.78 is 27.5. The molecule has 1 aliphatic rings. The first-order valence-electron chi connectivity index (χ1n) is 4.61. The van der Waals surface area contributed by atoms with Crippen molar-refractivity contribution in [2.75, 3.05) is 19.6 Å². The van der Waals surface area contributed by atoms with E-state index in [1.54, 1.807) is 6.92 Å². The molecule has 1 heterocycles. The lowest BCUT2D eigenvalue weighted by Crippen LogP contribution is -2.49. The highest BCUT2D eigenvalue weighted by molar-refractivity contribution is 7.87. The molecule has 0 aliphatic carbocycles. The molecule has 0 radical (unpaired) electrons. The number of hydrogen-bond donors (Lipinski definition) is 3. The Balaban J connectivity index is 0.00000169. The Morgan fingerprint density at radius 2 is 2.21 bits per heavy atom. The van der Waals surface area contributed by atoms with E-state index in [0.717, 1.165) is 25.9 Å². The molecule has 3 N–H and O–H groups in total. The van der Waals surface area contributed by atoms with Crippen molar-refractivity contribution < 1.29 is 8.42 Å². The fourth-order valence-electron chi connectivity index (χ4n) is 1.40. The second kappa shape index (κ2) is 6.58. The zero-order valence-electron chi connectivity index (χ0n) is 8.25. The smallest absolute Gasteiger partial charge is 0.277 e.